The maximum atomic E-state index is 9.82. The topological polar surface area (TPSA) is 53.8 Å². The first-order valence-corrected chi connectivity index (χ1v) is 5.92. The Bertz CT molecular complexity index is 247. The second kappa shape index (κ2) is 3.98. The van der Waals surface area contributed by atoms with Crippen molar-refractivity contribution in [3.63, 3.8) is 0 Å². The van der Waals surface area contributed by atoms with E-state index < -0.39 is 0 Å². The molecule has 0 radical (unpaired) electrons. The number of nitrogens with zero attached hydrogens (tertiary/aromatic N) is 1. The second-order valence-electron chi connectivity index (χ2n) is 3.65. The Hall–Kier alpha value is -0.420. The van der Waals surface area contributed by atoms with E-state index in [1.54, 1.807) is 18.8 Å². The number of aliphatic hydroxyl groups is 1. The fraction of sp³-hybridized carbons (Fsp3) is 0.889. The molecule has 2 fully saturated rings. The molecule has 0 saturated carbocycles. The van der Waals surface area contributed by atoms with E-state index in [4.69, 9.17) is 4.74 Å². The van der Waals surface area contributed by atoms with Crippen molar-refractivity contribution in [2.75, 3.05) is 7.05 Å². The number of thioether (sulfide) groups is 1. The Morgan fingerprint density at radius 1 is 1.71 bits per heavy atom. The maximum Gasteiger partial charge on any atom is 0.285 e. The number of ether oxygens (including phenoxy) is 1. The van der Waals surface area contributed by atoms with Crippen LogP contribution in [0.2, 0.25) is 0 Å². The molecule has 0 unspecified atom stereocenters. The summed E-state index contributed by atoms with van der Waals surface area (Å²) in [6.07, 6.45) is 1.52. The molecule has 0 spiro atoms. The summed E-state index contributed by atoms with van der Waals surface area (Å²) in [5.74, 6) is 0. The van der Waals surface area contributed by atoms with Crippen molar-refractivity contribution in [3.8, 4) is 0 Å². The highest BCUT2D eigenvalue weighted by atomic mass is 32.2. The Morgan fingerprint density at radius 2 is 2.50 bits per heavy atom. The van der Waals surface area contributed by atoms with Gasteiger partial charge in [-0.15, -0.1) is 11.8 Å². The molecule has 0 bridgehead atoms. The van der Waals surface area contributed by atoms with Crippen molar-refractivity contribution < 1.29 is 9.84 Å². The predicted octanol–water partition coefficient (Wildman–Crippen LogP) is 0.563. The number of amidine groups is 1. The summed E-state index contributed by atoms with van der Waals surface area (Å²) >= 11 is 1.71. The van der Waals surface area contributed by atoms with Crippen LogP contribution < -0.4 is 5.32 Å². The highest BCUT2D eigenvalue weighted by molar-refractivity contribution is 8.00. The highest BCUT2D eigenvalue weighted by Gasteiger charge is 2.42. The van der Waals surface area contributed by atoms with Crippen molar-refractivity contribution in [1.82, 2.24) is 5.32 Å². The molecule has 4 nitrogen and oxygen atoms in total. The Kier molecular flexibility index (Phi) is 2.88. The van der Waals surface area contributed by atoms with Gasteiger partial charge in [0.25, 0.3) is 6.02 Å². The molecule has 0 aromatic heterocycles. The Morgan fingerprint density at radius 3 is 3.14 bits per heavy atom. The van der Waals surface area contributed by atoms with E-state index in [2.05, 4.69) is 17.2 Å². The van der Waals surface area contributed by atoms with Gasteiger partial charge in [-0.3, -0.25) is 0 Å². The molecule has 0 aliphatic carbocycles. The van der Waals surface area contributed by atoms with Crippen LogP contribution >= 0.6 is 11.8 Å². The smallest absolute Gasteiger partial charge is 0.285 e. The lowest BCUT2D eigenvalue weighted by Gasteiger charge is -2.32. The molecule has 2 saturated heterocycles. The van der Waals surface area contributed by atoms with Crippen molar-refractivity contribution in [3.05, 3.63) is 0 Å². The molecule has 0 aromatic carbocycles. The maximum absolute atomic E-state index is 9.82. The van der Waals surface area contributed by atoms with Gasteiger partial charge in [-0.25, -0.2) is 4.99 Å². The minimum atomic E-state index is -0.224. The predicted molar refractivity (Wildman–Crippen MR) is 57.4 cm³/mol. The third-order valence-electron chi connectivity index (χ3n) is 2.70. The number of hydrogen-bond acceptors (Lipinski definition) is 4. The summed E-state index contributed by atoms with van der Waals surface area (Å²) in [6, 6.07) is 0.827. The fourth-order valence-corrected chi connectivity index (χ4v) is 3.25. The van der Waals surface area contributed by atoms with E-state index in [1.165, 1.54) is 0 Å². The summed E-state index contributed by atoms with van der Waals surface area (Å²) < 4.78 is 5.59. The first-order valence-electron chi connectivity index (χ1n) is 4.98. The van der Waals surface area contributed by atoms with Crippen LogP contribution in [0.4, 0.5) is 0 Å². The average Bonchev–Trinajstić information content (AvgIpc) is 2.58. The minimum absolute atomic E-state index is 0.127. The molecule has 2 rings (SSSR count). The van der Waals surface area contributed by atoms with E-state index in [1.807, 2.05) is 0 Å². The van der Waals surface area contributed by atoms with Crippen molar-refractivity contribution in [1.29, 1.82) is 0 Å². The minimum Gasteiger partial charge on any atom is -0.449 e. The third-order valence-corrected chi connectivity index (χ3v) is 4.39. The first kappa shape index (κ1) is 10.1. The van der Waals surface area contributed by atoms with Crippen LogP contribution in [0.5, 0.6) is 0 Å². The molecular weight excluding hydrogens is 200 g/mol. The zero-order valence-electron chi connectivity index (χ0n) is 8.43. The van der Waals surface area contributed by atoms with Crippen LogP contribution in [-0.4, -0.2) is 41.0 Å². The zero-order chi connectivity index (χ0) is 10.1. The largest absolute Gasteiger partial charge is 0.449 e. The number of fused-ring (bicyclic) bond motifs is 1. The Balaban J connectivity index is 2.03. The number of rotatable bonds is 1. The summed E-state index contributed by atoms with van der Waals surface area (Å²) in [4.78, 5) is 3.98. The van der Waals surface area contributed by atoms with Crippen LogP contribution in [0.1, 0.15) is 19.8 Å². The molecule has 0 aromatic rings. The monoisotopic (exact) mass is 216 g/mol. The molecule has 2 heterocycles. The van der Waals surface area contributed by atoms with Crippen molar-refractivity contribution >= 4 is 17.8 Å². The van der Waals surface area contributed by atoms with Gasteiger partial charge in [0.2, 0.25) is 0 Å². The van der Waals surface area contributed by atoms with Gasteiger partial charge in [0.1, 0.15) is 0 Å². The molecule has 0 amide bonds. The van der Waals surface area contributed by atoms with E-state index in [0.717, 1.165) is 12.8 Å². The van der Waals surface area contributed by atoms with Gasteiger partial charge in [0.05, 0.1) is 12.1 Å². The van der Waals surface area contributed by atoms with E-state index in [-0.39, 0.29) is 17.6 Å². The quantitative estimate of drug-likeness (QED) is 0.672. The summed E-state index contributed by atoms with van der Waals surface area (Å²) in [5, 5.41) is 13.3. The van der Waals surface area contributed by atoms with Gasteiger partial charge in [-0.05, 0) is 12.8 Å². The van der Waals surface area contributed by atoms with E-state index in [9.17, 15) is 5.11 Å². The van der Waals surface area contributed by atoms with Crippen molar-refractivity contribution in [2.24, 2.45) is 4.99 Å². The van der Waals surface area contributed by atoms with Crippen LogP contribution in [0.25, 0.3) is 0 Å². The van der Waals surface area contributed by atoms with Crippen LogP contribution in [0.15, 0.2) is 4.99 Å². The van der Waals surface area contributed by atoms with Gasteiger partial charge in [-0.2, -0.15) is 0 Å². The highest BCUT2D eigenvalue weighted by Crippen LogP contribution is 2.37. The van der Waals surface area contributed by atoms with Crippen LogP contribution in [-0.2, 0) is 4.74 Å². The lowest BCUT2D eigenvalue weighted by atomic mass is 10.1. The Labute approximate surface area is 88.1 Å². The molecule has 5 heteroatoms. The molecular formula is C9H16N2O2S. The molecule has 80 valence electrons. The van der Waals surface area contributed by atoms with E-state index >= 15 is 0 Å². The fourth-order valence-electron chi connectivity index (χ4n) is 1.91. The first-order chi connectivity index (χ1) is 6.74. The molecule has 2 aliphatic rings. The van der Waals surface area contributed by atoms with Gasteiger partial charge < -0.3 is 15.2 Å². The molecule has 2 N–H and O–H groups in total. The second-order valence-corrected chi connectivity index (χ2v) is 4.99. The van der Waals surface area contributed by atoms with Crippen LogP contribution in [0, 0.1) is 0 Å². The lowest BCUT2D eigenvalue weighted by Crippen LogP contribution is -2.43. The van der Waals surface area contributed by atoms with Gasteiger partial charge >= 0.3 is 0 Å². The van der Waals surface area contributed by atoms with Gasteiger partial charge in [0.15, 0.2) is 5.44 Å². The lowest BCUT2D eigenvalue weighted by molar-refractivity contribution is 0.128. The van der Waals surface area contributed by atoms with Crippen molar-refractivity contribution in [2.45, 2.75) is 42.6 Å². The standard InChI is InChI=1S/C9H16N2O2S/c1-3-7-6(12)4-5-8(14-7)13-9(10-2)11-5/h5-8,12H,3-4H2,1-2H3,(H,10,11)/t5-,6+,7-,8+/m1/s1. The van der Waals surface area contributed by atoms with E-state index in [0.29, 0.717) is 11.3 Å². The SMILES string of the molecule is CC[C@H]1S[C@@H]2OC(=NC)N[C@@H]2C[C@@H]1O. The number of hydrogen-bond donors (Lipinski definition) is 2. The van der Waals surface area contributed by atoms with Crippen LogP contribution in [0.3, 0.4) is 0 Å². The summed E-state index contributed by atoms with van der Waals surface area (Å²) in [6.45, 7) is 2.10. The zero-order valence-corrected chi connectivity index (χ0v) is 9.25. The summed E-state index contributed by atoms with van der Waals surface area (Å²) in [7, 11) is 1.71. The van der Waals surface area contributed by atoms with Gasteiger partial charge in [-0.1, -0.05) is 6.92 Å². The third kappa shape index (κ3) is 1.70. The molecule has 4 atom stereocenters. The average molecular weight is 216 g/mol. The number of nitrogens with one attached hydrogen (secondary N) is 1. The van der Waals surface area contributed by atoms with Gasteiger partial charge in [0, 0.05) is 12.3 Å². The number of aliphatic imine (C=N–C) groups is 1. The molecule has 14 heavy (non-hydrogen) atoms. The number of aliphatic hydroxyl groups excluding tert-OH is 1. The summed E-state index contributed by atoms with van der Waals surface area (Å²) in [5.41, 5.74) is 0.127. The molecule has 2 aliphatic heterocycles. The normalized spacial score (nSPS) is 44.4.